The first-order valence-electron chi connectivity index (χ1n) is 9.90. The molecule has 2 saturated heterocycles. The standard InChI is InChI=1S/C19H33N3O2/c1-3-4-14-22-17(24)18(2,15-8-6-5-7-9-15)21-16(23)19(22)10-12-20-13-11-19/h15,20H,3-14H2,1-2H3,(H,21,23)/t18-/m0/s1. The fourth-order valence-electron chi connectivity index (χ4n) is 4.93. The van der Waals surface area contributed by atoms with Crippen LogP contribution < -0.4 is 10.6 Å². The molecule has 24 heavy (non-hydrogen) atoms. The first kappa shape index (κ1) is 17.7. The molecular formula is C19H33N3O2. The molecule has 1 atom stereocenters. The third-order valence-corrected chi connectivity index (χ3v) is 6.59. The Morgan fingerprint density at radius 2 is 1.79 bits per heavy atom. The lowest BCUT2D eigenvalue weighted by atomic mass is 9.70. The monoisotopic (exact) mass is 335 g/mol. The molecule has 0 radical (unpaired) electrons. The van der Waals surface area contributed by atoms with Crippen LogP contribution in [0.5, 0.6) is 0 Å². The molecule has 3 aliphatic rings. The number of nitrogens with one attached hydrogen (secondary N) is 2. The van der Waals surface area contributed by atoms with E-state index in [0.717, 1.165) is 51.6 Å². The minimum Gasteiger partial charge on any atom is -0.340 e. The van der Waals surface area contributed by atoms with Gasteiger partial charge in [0.15, 0.2) is 0 Å². The van der Waals surface area contributed by atoms with Crippen LogP contribution in [0.4, 0.5) is 0 Å². The summed E-state index contributed by atoms with van der Waals surface area (Å²) in [4.78, 5) is 28.8. The van der Waals surface area contributed by atoms with E-state index in [9.17, 15) is 9.59 Å². The van der Waals surface area contributed by atoms with Crippen molar-refractivity contribution in [3.8, 4) is 0 Å². The number of hydrogen-bond acceptors (Lipinski definition) is 3. The summed E-state index contributed by atoms with van der Waals surface area (Å²) in [6.45, 7) is 6.46. The molecule has 0 aromatic rings. The summed E-state index contributed by atoms with van der Waals surface area (Å²) >= 11 is 0. The normalized spacial score (nSPS) is 31.3. The second-order valence-corrected chi connectivity index (χ2v) is 8.08. The summed E-state index contributed by atoms with van der Waals surface area (Å²) < 4.78 is 0. The van der Waals surface area contributed by atoms with Crippen LogP contribution in [0.3, 0.4) is 0 Å². The molecule has 1 spiro atoms. The highest BCUT2D eigenvalue weighted by Crippen LogP contribution is 2.40. The molecule has 0 aromatic heterocycles. The smallest absolute Gasteiger partial charge is 0.249 e. The summed E-state index contributed by atoms with van der Waals surface area (Å²) in [5.41, 5.74) is -1.33. The Bertz CT molecular complexity index is 481. The molecule has 2 N–H and O–H groups in total. The maximum Gasteiger partial charge on any atom is 0.249 e. The number of carbonyl (C=O) groups excluding carboxylic acids is 2. The van der Waals surface area contributed by atoms with Gasteiger partial charge in [-0.1, -0.05) is 32.6 Å². The number of piperazine rings is 1. The van der Waals surface area contributed by atoms with Gasteiger partial charge in [0, 0.05) is 6.54 Å². The van der Waals surface area contributed by atoms with Gasteiger partial charge in [-0.15, -0.1) is 0 Å². The van der Waals surface area contributed by atoms with Gasteiger partial charge in [-0.25, -0.2) is 0 Å². The predicted molar refractivity (Wildman–Crippen MR) is 94.6 cm³/mol. The molecule has 3 fully saturated rings. The largest absolute Gasteiger partial charge is 0.340 e. The third-order valence-electron chi connectivity index (χ3n) is 6.59. The minimum atomic E-state index is -0.707. The second-order valence-electron chi connectivity index (χ2n) is 8.08. The van der Waals surface area contributed by atoms with Gasteiger partial charge < -0.3 is 15.5 Å². The Morgan fingerprint density at radius 3 is 2.42 bits per heavy atom. The number of carbonyl (C=O) groups is 2. The van der Waals surface area contributed by atoms with Gasteiger partial charge in [0.25, 0.3) is 0 Å². The van der Waals surface area contributed by atoms with Gasteiger partial charge in [0.05, 0.1) is 0 Å². The fourth-order valence-corrected chi connectivity index (χ4v) is 4.93. The molecular weight excluding hydrogens is 302 g/mol. The van der Waals surface area contributed by atoms with Crippen molar-refractivity contribution in [2.45, 2.75) is 82.7 Å². The molecule has 1 aliphatic carbocycles. The van der Waals surface area contributed by atoms with E-state index in [-0.39, 0.29) is 17.7 Å². The summed E-state index contributed by atoms with van der Waals surface area (Å²) in [5.74, 6) is 0.544. The number of rotatable bonds is 4. The number of nitrogens with zero attached hydrogens (tertiary/aromatic N) is 1. The number of unbranched alkanes of at least 4 members (excludes halogenated alkanes) is 1. The van der Waals surface area contributed by atoms with Crippen molar-refractivity contribution in [2.75, 3.05) is 19.6 Å². The average molecular weight is 335 g/mol. The molecule has 1 saturated carbocycles. The molecule has 2 amide bonds. The van der Waals surface area contributed by atoms with Crippen LogP contribution in [0, 0.1) is 5.92 Å². The van der Waals surface area contributed by atoms with E-state index in [2.05, 4.69) is 17.6 Å². The van der Waals surface area contributed by atoms with Crippen molar-refractivity contribution in [3.63, 3.8) is 0 Å². The van der Waals surface area contributed by atoms with Gasteiger partial charge in [0.2, 0.25) is 11.8 Å². The highest BCUT2D eigenvalue weighted by Gasteiger charge is 2.58. The summed E-state index contributed by atoms with van der Waals surface area (Å²) in [7, 11) is 0. The highest BCUT2D eigenvalue weighted by molar-refractivity contribution is 6.02. The first-order valence-corrected chi connectivity index (χ1v) is 9.90. The van der Waals surface area contributed by atoms with Crippen molar-refractivity contribution >= 4 is 11.8 Å². The van der Waals surface area contributed by atoms with Crippen LogP contribution in [-0.4, -0.2) is 47.4 Å². The Balaban J connectivity index is 1.91. The number of amides is 2. The van der Waals surface area contributed by atoms with E-state index >= 15 is 0 Å². The van der Waals surface area contributed by atoms with Gasteiger partial charge >= 0.3 is 0 Å². The van der Waals surface area contributed by atoms with Crippen molar-refractivity contribution < 1.29 is 9.59 Å². The second kappa shape index (κ2) is 7.03. The van der Waals surface area contributed by atoms with Crippen LogP contribution in [0.25, 0.3) is 0 Å². The Hall–Kier alpha value is -1.10. The van der Waals surface area contributed by atoms with E-state index < -0.39 is 11.1 Å². The zero-order chi connectivity index (χ0) is 17.2. The van der Waals surface area contributed by atoms with Gasteiger partial charge in [-0.3, -0.25) is 9.59 Å². The van der Waals surface area contributed by atoms with Gasteiger partial charge in [0.1, 0.15) is 11.1 Å². The quantitative estimate of drug-likeness (QED) is 0.828. The van der Waals surface area contributed by atoms with Crippen LogP contribution in [0.2, 0.25) is 0 Å². The Labute approximate surface area is 145 Å². The van der Waals surface area contributed by atoms with Crippen LogP contribution >= 0.6 is 0 Å². The van der Waals surface area contributed by atoms with Crippen LogP contribution in [0.15, 0.2) is 0 Å². The molecule has 5 heteroatoms. The van der Waals surface area contributed by atoms with Crippen LogP contribution in [0.1, 0.15) is 71.6 Å². The van der Waals surface area contributed by atoms with E-state index in [0.29, 0.717) is 6.54 Å². The van der Waals surface area contributed by atoms with Crippen molar-refractivity contribution in [1.82, 2.24) is 15.5 Å². The molecule has 3 rings (SSSR count). The van der Waals surface area contributed by atoms with E-state index in [1.807, 2.05) is 11.8 Å². The topological polar surface area (TPSA) is 61.4 Å². The lowest BCUT2D eigenvalue weighted by Gasteiger charge is -2.55. The van der Waals surface area contributed by atoms with E-state index in [4.69, 9.17) is 0 Å². The first-order chi connectivity index (χ1) is 11.5. The van der Waals surface area contributed by atoms with Crippen molar-refractivity contribution in [1.29, 1.82) is 0 Å². The molecule has 2 aliphatic heterocycles. The zero-order valence-corrected chi connectivity index (χ0v) is 15.3. The SMILES string of the molecule is CCCCN1C(=O)[C@](C)(C2CCCCC2)NC(=O)C12CCNCC2. The zero-order valence-electron chi connectivity index (χ0n) is 15.3. The summed E-state index contributed by atoms with van der Waals surface area (Å²) in [5, 5.41) is 6.56. The summed E-state index contributed by atoms with van der Waals surface area (Å²) in [6.07, 6.45) is 9.18. The number of piperidine rings is 1. The highest BCUT2D eigenvalue weighted by atomic mass is 16.2. The molecule has 0 unspecified atom stereocenters. The van der Waals surface area contributed by atoms with Gasteiger partial charge in [-0.05, 0) is 58.0 Å². The molecule has 2 heterocycles. The van der Waals surface area contributed by atoms with E-state index in [1.165, 1.54) is 19.3 Å². The molecule has 0 bridgehead atoms. The molecule has 0 aromatic carbocycles. The maximum absolute atomic E-state index is 13.6. The number of hydrogen-bond donors (Lipinski definition) is 2. The third kappa shape index (κ3) is 2.85. The van der Waals surface area contributed by atoms with E-state index in [1.54, 1.807) is 0 Å². The Morgan fingerprint density at radius 1 is 1.12 bits per heavy atom. The van der Waals surface area contributed by atoms with Crippen molar-refractivity contribution in [3.05, 3.63) is 0 Å². The van der Waals surface area contributed by atoms with Crippen molar-refractivity contribution in [2.24, 2.45) is 5.92 Å². The minimum absolute atomic E-state index is 0.0905. The summed E-state index contributed by atoms with van der Waals surface area (Å²) in [6, 6.07) is 0. The average Bonchev–Trinajstić information content (AvgIpc) is 2.62. The lowest BCUT2D eigenvalue weighted by molar-refractivity contribution is -0.168. The molecule has 136 valence electrons. The maximum atomic E-state index is 13.6. The predicted octanol–water partition coefficient (Wildman–Crippen LogP) is 2.21. The van der Waals surface area contributed by atoms with Crippen LogP contribution in [-0.2, 0) is 9.59 Å². The Kier molecular flexibility index (Phi) is 5.19. The lowest BCUT2D eigenvalue weighted by Crippen LogP contribution is -2.78. The fraction of sp³-hybridized carbons (Fsp3) is 0.895. The van der Waals surface area contributed by atoms with Gasteiger partial charge in [-0.2, -0.15) is 0 Å². The molecule has 5 nitrogen and oxygen atoms in total.